The summed E-state index contributed by atoms with van der Waals surface area (Å²) in [6, 6.07) is 13.2. The van der Waals surface area contributed by atoms with Crippen LogP contribution in [-0.2, 0) is 16.0 Å². The summed E-state index contributed by atoms with van der Waals surface area (Å²) in [6.45, 7) is 9.31. The monoisotopic (exact) mass is 521 g/mol. The van der Waals surface area contributed by atoms with Gasteiger partial charge in [-0.15, -0.1) is 10.2 Å². The maximum atomic E-state index is 12.6. The Morgan fingerprint density at radius 1 is 1.14 bits per heavy atom. The lowest BCUT2D eigenvalue weighted by Crippen LogP contribution is -2.36. The van der Waals surface area contributed by atoms with Crippen LogP contribution in [0.1, 0.15) is 49.4 Å². The smallest absolute Gasteiger partial charge is 0.408 e. The molecular weight excluding hydrogens is 490 g/mol. The van der Waals surface area contributed by atoms with Crippen LogP contribution < -0.4 is 10.6 Å². The number of nitrogens with one attached hydrogen (secondary N) is 3. The highest BCUT2D eigenvalue weighted by atomic mass is 32.2. The maximum absolute atomic E-state index is 12.6. The Morgan fingerprint density at radius 2 is 1.92 bits per heavy atom. The Kier molecular flexibility index (Phi) is 7.87. The molecule has 0 spiro atoms. The number of anilines is 1. The number of ether oxygens (including phenoxy) is 1. The Labute approximate surface area is 219 Å². The fourth-order valence-corrected chi connectivity index (χ4v) is 4.34. The summed E-state index contributed by atoms with van der Waals surface area (Å²) in [5.41, 5.74) is 4.14. The zero-order chi connectivity index (χ0) is 26.6. The molecule has 2 aromatic heterocycles. The number of aromatic amines is 1. The third-order valence-corrected chi connectivity index (χ3v) is 6.32. The number of amides is 2. The van der Waals surface area contributed by atoms with E-state index >= 15 is 0 Å². The van der Waals surface area contributed by atoms with Gasteiger partial charge in [-0.05, 0) is 63.4 Å². The van der Waals surface area contributed by atoms with E-state index < -0.39 is 17.7 Å². The number of rotatable bonds is 8. The van der Waals surface area contributed by atoms with E-state index in [0.717, 1.165) is 45.0 Å². The van der Waals surface area contributed by atoms with Crippen LogP contribution in [0.5, 0.6) is 0 Å². The number of H-pyrrole nitrogens is 1. The van der Waals surface area contributed by atoms with E-state index in [0.29, 0.717) is 6.42 Å². The third kappa shape index (κ3) is 7.13. The number of benzene rings is 2. The van der Waals surface area contributed by atoms with Gasteiger partial charge in [-0.3, -0.25) is 4.79 Å². The fraction of sp³-hybridized carbons (Fsp3) is 0.333. The average molecular weight is 522 g/mol. The molecule has 2 amide bonds. The van der Waals surface area contributed by atoms with Crippen LogP contribution in [0.4, 0.5) is 10.5 Å². The molecule has 1 unspecified atom stereocenters. The summed E-state index contributed by atoms with van der Waals surface area (Å²) >= 11 is 1.13. The van der Waals surface area contributed by atoms with Crippen molar-refractivity contribution in [3.63, 3.8) is 0 Å². The van der Waals surface area contributed by atoms with Gasteiger partial charge in [-0.1, -0.05) is 42.1 Å². The van der Waals surface area contributed by atoms with Crippen LogP contribution in [0, 0.1) is 13.8 Å². The minimum atomic E-state index is -0.658. The van der Waals surface area contributed by atoms with Gasteiger partial charge in [0.15, 0.2) is 0 Å². The topological polar surface area (TPSA) is 122 Å². The molecule has 0 radical (unpaired) electrons. The zero-order valence-corrected chi connectivity index (χ0v) is 22.4. The zero-order valence-electron chi connectivity index (χ0n) is 21.5. The van der Waals surface area contributed by atoms with Gasteiger partial charge in [0.1, 0.15) is 11.6 Å². The highest BCUT2D eigenvalue weighted by molar-refractivity contribution is 7.99. The standard InChI is InChI=1S/C27H31N5O4S/c1-16-10-11-17(2)21(12-16)29-23(33)15-37-26-32-31-24(35-26)22(30-25(34)36-27(3,4)5)13-18-14-28-20-9-7-6-8-19(18)20/h6-12,14,22,28H,13,15H2,1-5H3,(H,29,33)(H,30,34). The molecule has 2 heterocycles. The first kappa shape index (κ1) is 26.3. The molecule has 194 valence electrons. The average Bonchev–Trinajstić information content (AvgIpc) is 3.46. The van der Waals surface area contributed by atoms with Gasteiger partial charge in [0.2, 0.25) is 11.8 Å². The lowest BCUT2D eigenvalue weighted by atomic mass is 10.1. The highest BCUT2D eigenvalue weighted by Gasteiger charge is 2.26. The number of alkyl carbamates (subject to hydrolysis) is 1. The van der Waals surface area contributed by atoms with Crippen molar-refractivity contribution in [2.45, 2.75) is 57.9 Å². The van der Waals surface area contributed by atoms with Crippen molar-refractivity contribution >= 4 is 40.4 Å². The number of aromatic nitrogens is 3. The number of carbonyl (C=O) groups excluding carboxylic acids is 2. The summed E-state index contributed by atoms with van der Waals surface area (Å²) in [5, 5.41) is 15.3. The van der Waals surface area contributed by atoms with E-state index in [1.807, 2.05) is 62.5 Å². The van der Waals surface area contributed by atoms with E-state index in [-0.39, 0.29) is 22.8 Å². The van der Waals surface area contributed by atoms with Crippen molar-refractivity contribution in [3.05, 3.63) is 71.2 Å². The number of aryl methyl sites for hydroxylation is 2. The van der Waals surface area contributed by atoms with E-state index in [4.69, 9.17) is 9.15 Å². The second-order valence-electron chi connectivity index (χ2n) is 9.82. The van der Waals surface area contributed by atoms with Gasteiger partial charge in [0.05, 0.1) is 5.75 Å². The van der Waals surface area contributed by atoms with E-state index in [9.17, 15) is 9.59 Å². The minimum Gasteiger partial charge on any atom is -0.444 e. The maximum Gasteiger partial charge on any atom is 0.408 e. The van der Waals surface area contributed by atoms with Crippen molar-refractivity contribution in [1.82, 2.24) is 20.5 Å². The Morgan fingerprint density at radius 3 is 2.70 bits per heavy atom. The van der Waals surface area contributed by atoms with Gasteiger partial charge in [-0.2, -0.15) is 0 Å². The predicted octanol–water partition coefficient (Wildman–Crippen LogP) is 5.71. The SMILES string of the molecule is Cc1ccc(C)c(NC(=O)CSc2nnc(C(Cc3c[nH]c4ccccc34)NC(=O)OC(C)(C)C)o2)c1. The van der Waals surface area contributed by atoms with Gasteiger partial charge in [-0.25, -0.2) is 4.79 Å². The lowest BCUT2D eigenvalue weighted by Gasteiger charge is -2.22. The van der Waals surface area contributed by atoms with Crippen molar-refractivity contribution in [1.29, 1.82) is 0 Å². The van der Waals surface area contributed by atoms with E-state index in [1.165, 1.54) is 0 Å². The van der Waals surface area contributed by atoms with Crippen molar-refractivity contribution in [3.8, 4) is 0 Å². The first-order valence-electron chi connectivity index (χ1n) is 12.0. The second-order valence-corrected chi connectivity index (χ2v) is 10.8. The Hall–Kier alpha value is -3.79. The van der Waals surface area contributed by atoms with Crippen molar-refractivity contribution in [2.75, 3.05) is 11.1 Å². The molecule has 0 fully saturated rings. The molecule has 0 aliphatic rings. The molecule has 0 aliphatic carbocycles. The summed E-state index contributed by atoms with van der Waals surface area (Å²) in [4.78, 5) is 28.3. The predicted molar refractivity (Wildman–Crippen MR) is 144 cm³/mol. The molecule has 9 nitrogen and oxygen atoms in total. The summed E-state index contributed by atoms with van der Waals surface area (Å²) in [6.07, 6.45) is 1.72. The summed E-state index contributed by atoms with van der Waals surface area (Å²) < 4.78 is 11.3. The Balaban J connectivity index is 1.46. The van der Waals surface area contributed by atoms with Gasteiger partial charge in [0, 0.05) is 29.2 Å². The number of hydrogen-bond donors (Lipinski definition) is 3. The molecule has 3 N–H and O–H groups in total. The first-order valence-corrected chi connectivity index (χ1v) is 12.9. The largest absolute Gasteiger partial charge is 0.444 e. The van der Waals surface area contributed by atoms with Gasteiger partial charge in [0.25, 0.3) is 5.22 Å². The van der Waals surface area contributed by atoms with E-state index in [2.05, 4.69) is 25.8 Å². The van der Waals surface area contributed by atoms with Crippen LogP contribution in [0.3, 0.4) is 0 Å². The number of nitrogens with zero attached hydrogens (tertiary/aromatic N) is 2. The van der Waals surface area contributed by atoms with Crippen LogP contribution in [0.15, 0.2) is 58.3 Å². The quantitative estimate of drug-likeness (QED) is 0.254. The van der Waals surface area contributed by atoms with E-state index in [1.54, 1.807) is 20.8 Å². The van der Waals surface area contributed by atoms with Crippen LogP contribution in [0.2, 0.25) is 0 Å². The highest BCUT2D eigenvalue weighted by Crippen LogP contribution is 2.27. The van der Waals surface area contributed by atoms with Gasteiger partial charge >= 0.3 is 6.09 Å². The molecule has 0 saturated carbocycles. The van der Waals surface area contributed by atoms with Crippen molar-refractivity contribution in [2.24, 2.45) is 0 Å². The normalized spacial score (nSPS) is 12.4. The molecule has 4 aromatic rings. The lowest BCUT2D eigenvalue weighted by molar-refractivity contribution is -0.113. The molecule has 0 aliphatic heterocycles. The van der Waals surface area contributed by atoms with Crippen LogP contribution in [0.25, 0.3) is 10.9 Å². The van der Waals surface area contributed by atoms with Crippen LogP contribution in [-0.4, -0.2) is 38.5 Å². The molecule has 2 aromatic carbocycles. The molecule has 0 saturated heterocycles. The molecular formula is C27H31N5O4S. The number of fused-ring (bicyclic) bond motifs is 1. The first-order chi connectivity index (χ1) is 17.6. The number of para-hydroxylation sites is 1. The molecule has 1 atom stereocenters. The minimum absolute atomic E-state index is 0.0988. The molecule has 10 heteroatoms. The number of thioether (sulfide) groups is 1. The van der Waals surface area contributed by atoms with Crippen LogP contribution >= 0.6 is 11.8 Å². The summed E-state index contributed by atoms with van der Waals surface area (Å²) in [5.74, 6) is 0.149. The molecule has 0 bridgehead atoms. The molecule has 4 rings (SSSR count). The number of carbonyl (C=O) groups is 2. The second kappa shape index (κ2) is 11.1. The Bertz CT molecular complexity index is 1410. The third-order valence-electron chi connectivity index (χ3n) is 5.50. The van der Waals surface area contributed by atoms with Crippen molar-refractivity contribution < 1.29 is 18.7 Å². The number of hydrogen-bond acceptors (Lipinski definition) is 7. The summed E-state index contributed by atoms with van der Waals surface area (Å²) in [7, 11) is 0. The fourth-order valence-electron chi connectivity index (χ4n) is 3.77. The van der Waals surface area contributed by atoms with Gasteiger partial charge < -0.3 is 24.8 Å². The molecule has 37 heavy (non-hydrogen) atoms.